The van der Waals surface area contributed by atoms with E-state index in [2.05, 4.69) is 0 Å². The van der Waals surface area contributed by atoms with Crippen molar-refractivity contribution in [3.05, 3.63) is 64.2 Å². The number of benzene rings is 2. The second kappa shape index (κ2) is 9.22. The molecule has 28 heavy (non-hydrogen) atoms. The largest absolute Gasteiger partial charge is 0.494 e. The molecule has 0 spiro atoms. The minimum absolute atomic E-state index is 0.565. The van der Waals surface area contributed by atoms with Gasteiger partial charge in [0.2, 0.25) is 0 Å². The minimum atomic E-state index is -1.29. The van der Waals surface area contributed by atoms with E-state index in [0.29, 0.717) is 23.6 Å². The Morgan fingerprint density at radius 3 is 2.46 bits per heavy atom. The highest BCUT2D eigenvalue weighted by atomic mass is 35.5. The summed E-state index contributed by atoms with van der Waals surface area (Å²) in [4.78, 5) is 0. The lowest BCUT2D eigenvalue weighted by Gasteiger charge is -2.19. The van der Waals surface area contributed by atoms with Gasteiger partial charge in [0.25, 0.3) is 0 Å². The highest BCUT2D eigenvalue weighted by molar-refractivity contribution is 6.31. The fraction of sp³-hybridized carbons (Fsp3) is 0.429. The molecule has 1 aliphatic rings. The van der Waals surface area contributed by atoms with E-state index in [1.54, 1.807) is 12.1 Å². The predicted molar refractivity (Wildman–Crippen MR) is 105 cm³/mol. The number of hydrogen-bond donors (Lipinski definition) is 4. The van der Waals surface area contributed by atoms with Gasteiger partial charge in [0.15, 0.2) is 0 Å². The molecule has 2 aromatic rings. The van der Waals surface area contributed by atoms with Crippen molar-refractivity contribution in [1.29, 1.82) is 0 Å². The summed E-state index contributed by atoms with van der Waals surface area (Å²) in [6, 6.07) is 13.0. The molecule has 3 rings (SSSR count). The van der Waals surface area contributed by atoms with Crippen LogP contribution in [0.4, 0.5) is 0 Å². The maximum absolute atomic E-state index is 10.3. The van der Waals surface area contributed by atoms with Gasteiger partial charge in [-0.25, -0.2) is 0 Å². The summed E-state index contributed by atoms with van der Waals surface area (Å²) in [6.45, 7) is 1.97. The van der Waals surface area contributed by atoms with Crippen LogP contribution in [-0.4, -0.2) is 58.1 Å². The van der Waals surface area contributed by atoms with Gasteiger partial charge in [0.05, 0.1) is 13.2 Å². The molecule has 0 radical (unpaired) electrons. The summed E-state index contributed by atoms with van der Waals surface area (Å²) in [7, 11) is 0. The Morgan fingerprint density at radius 2 is 1.82 bits per heavy atom. The molecule has 6 nitrogen and oxygen atoms in total. The summed E-state index contributed by atoms with van der Waals surface area (Å²) in [6.07, 6.45) is -5.09. The highest BCUT2D eigenvalue weighted by Gasteiger charge is 2.46. The molecule has 2 aromatic carbocycles. The monoisotopic (exact) mass is 408 g/mol. The molecule has 0 saturated carbocycles. The van der Waals surface area contributed by atoms with E-state index in [1.807, 2.05) is 37.3 Å². The van der Waals surface area contributed by atoms with Crippen molar-refractivity contribution in [2.45, 2.75) is 43.9 Å². The van der Waals surface area contributed by atoms with Crippen LogP contribution in [-0.2, 0) is 11.2 Å². The molecule has 4 N–H and O–H groups in total. The van der Waals surface area contributed by atoms with Gasteiger partial charge in [-0.15, -0.1) is 0 Å². The van der Waals surface area contributed by atoms with Gasteiger partial charge in [0.1, 0.15) is 36.3 Å². The molecule has 0 bridgehead atoms. The Morgan fingerprint density at radius 1 is 1.11 bits per heavy atom. The Balaban J connectivity index is 1.79. The van der Waals surface area contributed by atoms with Crippen LogP contribution >= 0.6 is 11.6 Å². The first-order valence-electron chi connectivity index (χ1n) is 9.25. The Kier molecular flexibility index (Phi) is 6.93. The van der Waals surface area contributed by atoms with Crippen LogP contribution in [0.2, 0.25) is 5.02 Å². The normalized spacial score (nSPS) is 25.6. The molecule has 0 aromatic heterocycles. The maximum atomic E-state index is 10.3. The first-order valence-corrected chi connectivity index (χ1v) is 9.63. The van der Waals surface area contributed by atoms with Crippen LogP contribution in [0.5, 0.6) is 5.75 Å². The summed E-state index contributed by atoms with van der Waals surface area (Å²) < 4.78 is 11.1. The third kappa shape index (κ3) is 4.49. The zero-order chi connectivity index (χ0) is 20.3. The first kappa shape index (κ1) is 21.0. The molecular formula is C21H25ClO6. The van der Waals surface area contributed by atoms with E-state index >= 15 is 0 Å². The first-order chi connectivity index (χ1) is 13.4. The molecule has 5 atom stereocenters. The van der Waals surface area contributed by atoms with Gasteiger partial charge in [-0.05, 0) is 48.2 Å². The third-order valence-corrected chi connectivity index (χ3v) is 5.26. The van der Waals surface area contributed by atoms with Crippen LogP contribution in [0.25, 0.3) is 0 Å². The lowest BCUT2D eigenvalue weighted by atomic mass is 9.96. The maximum Gasteiger partial charge on any atom is 0.119 e. The molecule has 1 fully saturated rings. The van der Waals surface area contributed by atoms with Crippen molar-refractivity contribution >= 4 is 11.6 Å². The van der Waals surface area contributed by atoms with Crippen molar-refractivity contribution < 1.29 is 29.9 Å². The van der Waals surface area contributed by atoms with Crippen LogP contribution in [0.3, 0.4) is 0 Å². The van der Waals surface area contributed by atoms with Crippen molar-refractivity contribution in [2.75, 3.05) is 13.2 Å². The lowest BCUT2D eigenvalue weighted by molar-refractivity contribution is -0.0820. The minimum Gasteiger partial charge on any atom is -0.494 e. The quantitative estimate of drug-likeness (QED) is 0.558. The van der Waals surface area contributed by atoms with Crippen LogP contribution in [0.15, 0.2) is 42.5 Å². The highest BCUT2D eigenvalue weighted by Crippen LogP contribution is 2.36. The van der Waals surface area contributed by atoms with Crippen LogP contribution in [0.1, 0.15) is 29.7 Å². The Labute approximate surface area is 168 Å². The standard InChI is InChI=1S/C21H25ClO6/c1-2-27-15-6-3-12(4-7-15)9-14-10-13(5-8-16(14)22)20-18(25)19(26)21(28-20)17(24)11-23/h3-8,10,17-21,23-26H,2,9,11H2,1H3/t17-,18-,19-,20-,21-/m1/s1. The third-order valence-electron chi connectivity index (χ3n) is 4.89. The molecular weight excluding hydrogens is 384 g/mol. The number of aliphatic hydroxyl groups excluding tert-OH is 4. The van der Waals surface area contributed by atoms with Gasteiger partial charge in [-0.1, -0.05) is 35.9 Å². The lowest BCUT2D eigenvalue weighted by Crippen LogP contribution is -2.40. The zero-order valence-corrected chi connectivity index (χ0v) is 16.3. The summed E-state index contributed by atoms with van der Waals surface area (Å²) >= 11 is 6.35. The molecule has 1 aliphatic heterocycles. The van der Waals surface area contributed by atoms with Crippen molar-refractivity contribution in [3.63, 3.8) is 0 Å². The van der Waals surface area contributed by atoms with Gasteiger partial charge < -0.3 is 29.9 Å². The zero-order valence-electron chi connectivity index (χ0n) is 15.5. The average Bonchev–Trinajstić information content (AvgIpc) is 3.00. The smallest absolute Gasteiger partial charge is 0.119 e. The number of ether oxygens (including phenoxy) is 2. The number of hydrogen-bond acceptors (Lipinski definition) is 6. The molecule has 152 valence electrons. The molecule has 1 heterocycles. The summed E-state index contributed by atoms with van der Waals surface area (Å²) in [5.41, 5.74) is 2.54. The van der Waals surface area contributed by atoms with E-state index in [-0.39, 0.29) is 0 Å². The van der Waals surface area contributed by atoms with E-state index < -0.39 is 37.1 Å². The summed E-state index contributed by atoms with van der Waals surface area (Å²) in [5.74, 6) is 0.802. The molecule has 0 amide bonds. The van der Waals surface area contributed by atoms with E-state index in [0.717, 1.165) is 16.9 Å². The Bertz CT molecular complexity index is 781. The van der Waals surface area contributed by atoms with Crippen molar-refractivity contribution in [2.24, 2.45) is 0 Å². The molecule has 1 saturated heterocycles. The van der Waals surface area contributed by atoms with Crippen LogP contribution in [0, 0.1) is 0 Å². The van der Waals surface area contributed by atoms with E-state index in [1.165, 1.54) is 0 Å². The second-order valence-corrected chi connectivity index (χ2v) is 7.26. The van der Waals surface area contributed by atoms with Crippen molar-refractivity contribution in [1.82, 2.24) is 0 Å². The van der Waals surface area contributed by atoms with Crippen molar-refractivity contribution in [3.8, 4) is 5.75 Å². The Hall–Kier alpha value is -1.67. The number of halogens is 1. The van der Waals surface area contributed by atoms with Gasteiger partial charge in [-0.2, -0.15) is 0 Å². The molecule has 0 unspecified atom stereocenters. The average molecular weight is 409 g/mol. The van der Waals surface area contributed by atoms with E-state index in [4.69, 9.17) is 26.2 Å². The topological polar surface area (TPSA) is 99.4 Å². The fourth-order valence-electron chi connectivity index (χ4n) is 3.40. The SMILES string of the molecule is CCOc1ccc(Cc2cc([C@H]3O[C@H]([C@H](O)CO)[C@H](O)[C@H]3O)ccc2Cl)cc1. The van der Waals surface area contributed by atoms with Crippen LogP contribution < -0.4 is 4.74 Å². The van der Waals surface area contributed by atoms with Gasteiger partial charge in [0, 0.05) is 5.02 Å². The fourth-order valence-corrected chi connectivity index (χ4v) is 3.58. The molecule has 0 aliphatic carbocycles. The number of aliphatic hydroxyl groups is 4. The van der Waals surface area contributed by atoms with E-state index in [9.17, 15) is 15.3 Å². The second-order valence-electron chi connectivity index (χ2n) is 6.86. The molecule has 7 heteroatoms. The number of rotatable bonds is 7. The van der Waals surface area contributed by atoms with Gasteiger partial charge >= 0.3 is 0 Å². The predicted octanol–water partition coefficient (Wildman–Crippen LogP) is 1.84. The van der Waals surface area contributed by atoms with Gasteiger partial charge in [-0.3, -0.25) is 0 Å². The summed E-state index contributed by atoms with van der Waals surface area (Å²) in [5, 5.41) is 40.0.